The van der Waals surface area contributed by atoms with E-state index in [2.05, 4.69) is 27.4 Å². The number of hydrogen-bond donors (Lipinski definition) is 1. The van der Waals surface area contributed by atoms with Gasteiger partial charge in [-0.25, -0.2) is 4.98 Å². The van der Waals surface area contributed by atoms with E-state index in [1.54, 1.807) is 7.11 Å². The lowest BCUT2D eigenvalue weighted by Crippen LogP contribution is -2.14. The van der Waals surface area contributed by atoms with E-state index in [1.807, 2.05) is 56.4 Å². The number of amides is 1. The molecule has 2 aromatic heterocycles. The van der Waals surface area contributed by atoms with E-state index in [-0.39, 0.29) is 5.91 Å². The standard InChI is InChI=1S/C23H21N3O2S/c1-14-10-17(18-8-9-24-15(2)11-18)5-4-16(14)12-22(27)26-23-25-20-7-6-19(28-3)13-21(20)29-23/h4-11,13H,12H2,1-3H3,(H,25,26,27). The molecule has 0 spiro atoms. The van der Waals surface area contributed by atoms with E-state index in [4.69, 9.17) is 4.74 Å². The van der Waals surface area contributed by atoms with Crippen molar-refractivity contribution in [2.75, 3.05) is 12.4 Å². The number of hydrogen-bond acceptors (Lipinski definition) is 5. The molecule has 146 valence electrons. The molecule has 4 rings (SSSR count). The first-order valence-corrected chi connectivity index (χ1v) is 10.1. The molecule has 0 aliphatic carbocycles. The number of anilines is 1. The number of ether oxygens (including phenoxy) is 1. The lowest BCUT2D eigenvalue weighted by Gasteiger charge is -2.09. The van der Waals surface area contributed by atoms with Crippen LogP contribution in [0.4, 0.5) is 5.13 Å². The first-order valence-electron chi connectivity index (χ1n) is 9.29. The van der Waals surface area contributed by atoms with E-state index in [1.165, 1.54) is 11.3 Å². The highest BCUT2D eigenvalue weighted by Gasteiger charge is 2.11. The summed E-state index contributed by atoms with van der Waals surface area (Å²) >= 11 is 1.44. The average molecular weight is 404 g/mol. The molecule has 2 aromatic carbocycles. The van der Waals surface area contributed by atoms with Gasteiger partial charge in [0, 0.05) is 11.9 Å². The smallest absolute Gasteiger partial charge is 0.230 e. The van der Waals surface area contributed by atoms with E-state index < -0.39 is 0 Å². The zero-order valence-corrected chi connectivity index (χ0v) is 17.3. The number of nitrogens with zero attached hydrogens (tertiary/aromatic N) is 2. The molecule has 0 unspecified atom stereocenters. The van der Waals surface area contributed by atoms with Crippen LogP contribution in [0.15, 0.2) is 54.7 Å². The largest absolute Gasteiger partial charge is 0.497 e. The summed E-state index contributed by atoms with van der Waals surface area (Å²) in [5.74, 6) is 0.700. The Kier molecular flexibility index (Phi) is 5.27. The summed E-state index contributed by atoms with van der Waals surface area (Å²) in [6.45, 7) is 4.01. The Morgan fingerprint density at radius 2 is 1.90 bits per heavy atom. The van der Waals surface area contributed by atoms with Gasteiger partial charge in [0.25, 0.3) is 0 Å². The van der Waals surface area contributed by atoms with Crippen LogP contribution in [0.5, 0.6) is 5.75 Å². The van der Waals surface area contributed by atoms with Crippen LogP contribution in [-0.2, 0) is 11.2 Å². The van der Waals surface area contributed by atoms with Gasteiger partial charge in [0.1, 0.15) is 5.75 Å². The van der Waals surface area contributed by atoms with Crippen LogP contribution < -0.4 is 10.1 Å². The van der Waals surface area contributed by atoms with E-state index >= 15 is 0 Å². The first kappa shape index (κ1) is 19.1. The molecule has 1 N–H and O–H groups in total. The number of aryl methyl sites for hydroxylation is 2. The SMILES string of the molecule is COc1ccc2nc(NC(=O)Cc3ccc(-c4ccnc(C)c4)cc3C)sc2c1. The minimum atomic E-state index is -0.0772. The zero-order chi connectivity index (χ0) is 20.4. The van der Waals surface area contributed by atoms with Crippen molar-refractivity contribution in [3.8, 4) is 16.9 Å². The summed E-state index contributed by atoms with van der Waals surface area (Å²) in [4.78, 5) is 21.3. The monoisotopic (exact) mass is 403 g/mol. The quantitative estimate of drug-likeness (QED) is 0.500. The van der Waals surface area contributed by atoms with Crippen LogP contribution >= 0.6 is 11.3 Å². The van der Waals surface area contributed by atoms with Gasteiger partial charge in [-0.2, -0.15) is 0 Å². The van der Waals surface area contributed by atoms with Crippen molar-refractivity contribution >= 4 is 32.6 Å². The molecule has 0 bridgehead atoms. The van der Waals surface area contributed by atoms with Gasteiger partial charge in [0.05, 0.1) is 23.7 Å². The van der Waals surface area contributed by atoms with Crippen molar-refractivity contribution in [3.63, 3.8) is 0 Å². The molecule has 2 heterocycles. The second kappa shape index (κ2) is 8.01. The highest BCUT2D eigenvalue weighted by molar-refractivity contribution is 7.22. The molecule has 0 radical (unpaired) electrons. The lowest BCUT2D eigenvalue weighted by atomic mass is 9.98. The molecule has 29 heavy (non-hydrogen) atoms. The summed E-state index contributed by atoms with van der Waals surface area (Å²) in [6, 6.07) is 15.9. The van der Waals surface area contributed by atoms with Crippen molar-refractivity contribution in [2.45, 2.75) is 20.3 Å². The van der Waals surface area contributed by atoms with Crippen molar-refractivity contribution in [1.82, 2.24) is 9.97 Å². The average Bonchev–Trinajstić information content (AvgIpc) is 3.10. The summed E-state index contributed by atoms with van der Waals surface area (Å²) < 4.78 is 6.22. The van der Waals surface area contributed by atoms with Gasteiger partial charge in [-0.15, -0.1) is 0 Å². The van der Waals surface area contributed by atoms with Crippen molar-refractivity contribution < 1.29 is 9.53 Å². The molecule has 0 fully saturated rings. The van der Waals surface area contributed by atoms with Gasteiger partial charge in [-0.1, -0.05) is 29.5 Å². The number of carbonyl (C=O) groups is 1. The van der Waals surface area contributed by atoms with Gasteiger partial charge in [-0.05, 0) is 66.4 Å². The third-order valence-corrected chi connectivity index (χ3v) is 5.70. The van der Waals surface area contributed by atoms with Crippen LogP contribution in [0.3, 0.4) is 0 Å². The van der Waals surface area contributed by atoms with Crippen molar-refractivity contribution in [1.29, 1.82) is 0 Å². The predicted molar refractivity (Wildman–Crippen MR) is 118 cm³/mol. The van der Waals surface area contributed by atoms with Crippen LogP contribution in [0, 0.1) is 13.8 Å². The number of pyridine rings is 1. The van der Waals surface area contributed by atoms with Crippen LogP contribution in [0.2, 0.25) is 0 Å². The Bertz CT molecular complexity index is 1200. The molecule has 0 saturated heterocycles. The maximum Gasteiger partial charge on any atom is 0.230 e. The van der Waals surface area contributed by atoms with Gasteiger partial charge >= 0.3 is 0 Å². The van der Waals surface area contributed by atoms with E-state index in [0.717, 1.165) is 43.9 Å². The summed E-state index contributed by atoms with van der Waals surface area (Å²) in [5, 5.41) is 3.51. The number of rotatable bonds is 5. The van der Waals surface area contributed by atoms with Crippen LogP contribution in [0.25, 0.3) is 21.3 Å². The Morgan fingerprint density at radius 3 is 2.66 bits per heavy atom. The number of carbonyl (C=O) groups excluding carboxylic acids is 1. The van der Waals surface area contributed by atoms with Gasteiger partial charge in [0.2, 0.25) is 5.91 Å². The molecular formula is C23H21N3O2S. The third kappa shape index (κ3) is 4.27. The zero-order valence-electron chi connectivity index (χ0n) is 16.5. The minimum absolute atomic E-state index is 0.0772. The van der Waals surface area contributed by atoms with Gasteiger partial charge in [-0.3, -0.25) is 9.78 Å². The highest BCUT2D eigenvalue weighted by atomic mass is 32.1. The van der Waals surface area contributed by atoms with E-state index in [0.29, 0.717) is 11.6 Å². The summed E-state index contributed by atoms with van der Waals surface area (Å²) in [7, 11) is 1.63. The number of nitrogens with one attached hydrogen (secondary N) is 1. The maximum atomic E-state index is 12.6. The van der Waals surface area contributed by atoms with E-state index in [9.17, 15) is 4.79 Å². The summed E-state index contributed by atoms with van der Waals surface area (Å²) in [5.41, 5.74) is 6.16. The fourth-order valence-electron chi connectivity index (χ4n) is 3.22. The fraction of sp³-hybridized carbons (Fsp3) is 0.174. The van der Waals surface area contributed by atoms with Gasteiger partial charge < -0.3 is 10.1 Å². The molecular weight excluding hydrogens is 382 g/mol. The Morgan fingerprint density at radius 1 is 1.07 bits per heavy atom. The normalized spacial score (nSPS) is 10.9. The molecule has 6 heteroatoms. The second-order valence-corrected chi connectivity index (χ2v) is 7.94. The lowest BCUT2D eigenvalue weighted by molar-refractivity contribution is -0.115. The Labute approximate surface area is 173 Å². The topological polar surface area (TPSA) is 64.1 Å². The molecule has 0 saturated carbocycles. The molecule has 1 amide bonds. The Balaban J connectivity index is 1.48. The number of methoxy groups -OCH3 is 1. The first-order chi connectivity index (χ1) is 14.0. The van der Waals surface area contributed by atoms with Crippen molar-refractivity contribution in [3.05, 3.63) is 71.5 Å². The minimum Gasteiger partial charge on any atom is -0.497 e. The van der Waals surface area contributed by atoms with Gasteiger partial charge in [0.15, 0.2) is 5.13 Å². The third-order valence-electron chi connectivity index (χ3n) is 4.77. The fourth-order valence-corrected chi connectivity index (χ4v) is 4.13. The maximum absolute atomic E-state index is 12.6. The predicted octanol–water partition coefficient (Wildman–Crippen LogP) is 5.16. The molecule has 4 aromatic rings. The molecule has 0 aliphatic heterocycles. The number of benzene rings is 2. The number of fused-ring (bicyclic) bond motifs is 1. The highest BCUT2D eigenvalue weighted by Crippen LogP contribution is 2.29. The van der Waals surface area contributed by atoms with Crippen LogP contribution in [0.1, 0.15) is 16.8 Å². The van der Waals surface area contributed by atoms with Crippen molar-refractivity contribution in [2.24, 2.45) is 0 Å². The molecule has 5 nitrogen and oxygen atoms in total. The number of aromatic nitrogens is 2. The second-order valence-electron chi connectivity index (χ2n) is 6.90. The summed E-state index contributed by atoms with van der Waals surface area (Å²) in [6.07, 6.45) is 2.12. The molecule has 0 atom stereocenters. The molecule has 0 aliphatic rings. The van der Waals surface area contributed by atoms with Crippen LogP contribution in [-0.4, -0.2) is 23.0 Å². The number of thiazole rings is 1. The Hall–Kier alpha value is -3.25.